The number of rotatable bonds is 3. The Labute approximate surface area is 145 Å². The van der Waals surface area contributed by atoms with E-state index in [9.17, 15) is 0 Å². The molecule has 134 valence electrons. The Hall–Kier alpha value is -1.88. The lowest BCUT2D eigenvalue weighted by Crippen LogP contribution is -2.35. The van der Waals surface area contributed by atoms with Gasteiger partial charge in [0.05, 0.1) is 5.84 Å². The molecule has 1 aromatic rings. The van der Waals surface area contributed by atoms with E-state index in [1.54, 1.807) is 0 Å². The van der Waals surface area contributed by atoms with Crippen molar-refractivity contribution in [1.29, 1.82) is 5.41 Å². The van der Waals surface area contributed by atoms with E-state index >= 15 is 0 Å². The van der Waals surface area contributed by atoms with Crippen molar-refractivity contribution in [2.45, 2.75) is 58.4 Å². The summed E-state index contributed by atoms with van der Waals surface area (Å²) in [6.45, 7) is 8.78. The Morgan fingerprint density at radius 1 is 1.29 bits per heavy atom. The SMILES string of the molecule is CC(=O)O.CC(C)(C)c1ccc(C2CCC(CC(=N)N)CN2)cc1. The lowest BCUT2D eigenvalue weighted by atomic mass is 9.84. The van der Waals surface area contributed by atoms with E-state index in [1.807, 2.05) is 0 Å². The highest BCUT2D eigenvalue weighted by atomic mass is 16.4. The molecule has 0 aliphatic carbocycles. The fourth-order valence-corrected chi connectivity index (χ4v) is 2.90. The number of hydrogen-bond acceptors (Lipinski definition) is 3. The second kappa shape index (κ2) is 8.83. The first-order chi connectivity index (χ1) is 11.1. The zero-order chi connectivity index (χ0) is 18.3. The number of carboxylic acids is 1. The molecule has 0 saturated carbocycles. The van der Waals surface area contributed by atoms with Crippen molar-refractivity contribution < 1.29 is 9.90 Å². The van der Waals surface area contributed by atoms with Crippen molar-refractivity contribution >= 4 is 11.8 Å². The van der Waals surface area contributed by atoms with E-state index in [-0.39, 0.29) is 5.41 Å². The van der Waals surface area contributed by atoms with Crippen LogP contribution in [0.4, 0.5) is 0 Å². The van der Waals surface area contributed by atoms with Crippen molar-refractivity contribution in [3.05, 3.63) is 35.4 Å². The maximum Gasteiger partial charge on any atom is 0.300 e. The van der Waals surface area contributed by atoms with E-state index < -0.39 is 5.97 Å². The number of benzene rings is 1. The van der Waals surface area contributed by atoms with Crippen LogP contribution in [0.15, 0.2) is 24.3 Å². The van der Waals surface area contributed by atoms with E-state index in [2.05, 4.69) is 50.4 Å². The maximum absolute atomic E-state index is 9.00. The summed E-state index contributed by atoms with van der Waals surface area (Å²) < 4.78 is 0. The summed E-state index contributed by atoms with van der Waals surface area (Å²) in [6.07, 6.45) is 3.01. The van der Waals surface area contributed by atoms with Gasteiger partial charge in [0.2, 0.25) is 0 Å². The molecule has 1 aliphatic heterocycles. The van der Waals surface area contributed by atoms with Gasteiger partial charge in [-0.1, -0.05) is 45.0 Å². The molecule has 5 heteroatoms. The summed E-state index contributed by atoms with van der Waals surface area (Å²) in [5.41, 5.74) is 8.45. The van der Waals surface area contributed by atoms with Crippen molar-refractivity contribution in [3.8, 4) is 0 Å². The Balaban J connectivity index is 0.000000648. The molecule has 0 amide bonds. The molecule has 0 bridgehead atoms. The molecule has 5 N–H and O–H groups in total. The average Bonchev–Trinajstić information content (AvgIpc) is 2.46. The largest absolute Gasteiger partial charge is 0.481 e. The number of carbonyl (C=O) groups is 1. The van der Waals surface area contributed by atoms with Gasteiger partial charge in [-0.25, -0.2) is 0 Å². The van der Waals surface area contributed by atoms with Gasteiger partial charge in [0.25, 0.3) is 5.97 Å². The zero-order valence-electron chi connectivity index (χ0n) is 15.2. The van der Waals surface area contributed by atoms with Gasteiger partial charge in [0.15, 0.2) is 0 Å². The lowest BCUT2D eigenvalue weighted by molar-refractivity contribution is -0.134. The standard InChI is InChI=1S/C17H27N3.C2H4O2/c1-17(2,3)14-7-5-13(6-8-14)15-9-4-12(11-20-15)10-16(18)19;1-2(3)4/h5-8,12,15,20H,4,9-11H2,1-3H3,(H3,18,19);1H3,(H,3,4). The van der Waals surface area contributed by atoms with E-state index in [1.165, 1.54) is 11.1 Å². The Morgan fingerprint density at radius 2 is 1.83 bits per heavy atom. The number of piperidine rings is 1. The van der Waals surface area contributed by atoms with Crippen LogP contribution in [0.25, 0.3) is 0 Å². The molecule has 2 rings (SSSR count). The molecule has 0 aromatic heterocycles. The minimum atomic E-state index is -0.833. The van der Waals surface area contributed by atoms with Crippen LogP contribution in [0, 0.1) is 11.3 Å². The molecule has 1 heterocycles. The number of nitrogens with one attached hydrogen (secondary N) is 2. The minimum Gasteiger partial charge on any atom is -0.481 e. The van der Waals surface area contributed by atoms with E-state index in [4.69, 9.17) is 21.0 Å². The number of aliphatic carboxylic acids is 1. The van der Waals surface area contributed by atoms with Crippen LogP contribution in [-0.2, 0) is 10.2 Å². The second-order valence-electron chi connectivity index (χ2n) is 7.52. The number of amidine groups is 1. The first kappa shape index (κ1) is 20.2. The van der Waals surface area contributed by atoms with Gasteiger partial charge in [0.1, 0.15) is 0 Å². The first-order valence-electron chi connectivity index (χ1n) is 8.46. The van der Waals surface area contributed by atoms with Crippen LogP contribution >= 0.6 is 0 Å². The molecule has 1 fully saturated rings. The monoisotopic (exact) mass is 333 g/mol. The second-order valence-corrected chi connectivity index (χ2v) is 7.52. The highest BCUT2D eigenvalue weighted by Crippen LogP contribution is 2.29. The fraction of sp³-hybridized carbons (Fsp3) is 0.579. The summed E-state index contributed by atoms with van der Waals surface area (Å²) in [7, 11) is 0. The molecule has 0 spiro atoms. The van der Waals surface area contributed by atoms with Crippen molar-refractivity contribution in [2.75, 3.05) is 6.54 Å². The third-order valence-corrected chi connectivity index (χ3v) is 4.20. The van der Waals surface area contributed by atoms with Gasteiger partial charge in [-0.05, 0) is 41.8 Å². The summed E-state index contributed by atoms with van der Waals surface area (Å²) in [5, 5.41) is 18.4. The van der Waals surface area contributed by atoms with E-state index in [0.717, 1.165) is 32.7 Å². The third-order valence-electron chi connectivity index (χ3n) is 4.20. The highest BCUT2D eigenvalue weighted by Gasteiger charge is 2.22. The normalized spacial score (nSPS) is 20.7. The van der Waals surface area contributed by atoms with Crippen LogP contribution in [0.3, 0.4) is 0 Å². The predicted molar refractivity (Wildman–Crippen MR) is 98.5 cm³/mol. The smallest absolute Gasteiger partial charge is 0.300 e. The molecule has 2 unspecified atom stereocenters. The van der Waals surface area contributed by atoms with Gasteiger partial charge in [-0.3, -0.25) is 10.2 Å². The molecule has 1 saturated heterocycles. The zero-order valence-corrected chi connectivity index (χ0v) is 15.2. The van der Waals surface area contributed by atoms with Crippen molar-refractivity contribution in [3.63, 3.8) is 0 Å². The van der Waals surface area contributed by atoms with Crippen LogP contribution in [0.1, 0.15) is 64.1 Å². The van der Waals surface area contributed by atoms with Crippen LogP contribution < -0.4 is 11.1 Å². The summed E-state index contributed by atoms with van der Waals surface area (Å²) >= 11 is 0. The van der Waals surface area contributed by atoms with Crippen molar-refractivity contribution in [1.82, 2.24) is 5.32 Å². The fourth-order valence-electron chi connectivity index (χ4n) is 2.90. The molecule has 1 aromatic carbocycles. The summed E-state index contributed by atoms with van der Waals surface area (Å²) in [5.74, 6) is 0.00220. The van der Waals surface area contributed by atoms with Crippen LogP contribution in [0.2, 0.25) is 0 Å². The Kier molecular flexibility index (Phi) is 7.42. The van der Waals surface area contributed by atoms with Gasteiger partial charge >= 0.3 is 0 Å². The topological polar surface area (TPSA) is 99.2 Å². The Bertz CT molecular complexity index is 535. The predicted octanol–water partition coefficient (Wildman–Crippen LogP) is 3.44. The summed E-state index contributed by atoms with van der Waals surface area (Å²) in [6, 6.07) is 9.46. The van der Waals surface area contributed by atoms with Crippen molar-refractivity contribution in [2.24, 2.45) is 11.7 Å². The lowest BCUT2D eigenvalue weighted by Gasteiger charge is -2.30. The molecular weight excluding hydrogens is 302 g/mol. The van der Waals surface area contributed by atoms with Gasteiger partial charge in [0, 0.05) is 19.4 Å². The molecule has 24 heavy (non-hydrogen) atoms. The number of hydrogen-bond donors (Lipinski definition) is 4. The van der Waals surface area contributed by atoms with Gasteiger partial charge < -0.3 is 16.2 Å². The first-order valence-corrected chi connectivity index (χ1v) is 8.46. The summed E-state index contributed by atoms with van der Waals surface area (Å²) in [4.78, 5) is 9.00. The average molecular weight is 333 g/mol. The molecular formula is C19H31N3O2. The quantitative estimate of drug-likeness (QED) is 0.503. The maximum atomic E-state index is 9.00. The third kappa shape index (κ3) is 7.13. The minimum absolute atomic E-state index is 0.213. The van der Waals surface area contributed by atoms with Gasteiger partial charge in [-0.2, -0.15) is 0 Å². The molecule has 5 nitrogen and oxygen atoms in total. The molecule has 0 radical (unpaired) electrons. The van der Waals surface area contributed by atoms with Gasteiger partial charge in [-0.15, -0.1) is 0 Å². The van der Waals surface area contributed by atoms with Crippen LogP contribution in [0.5, 0.6) is 0 Å². The number of carboxylic acid groups (broad SMARTS) is 1. The highest BCUT2D eigenvalue weighted by molar-refractivity contribution is 5.77. The molecule has 2 atom stereocenters. The Morgan fingerprint density at radius 3 is 2.21 bits per heavy atom. The molecule has 1 aliphatic rings. The number of nitrogens with two attached hydrogens (primary N) is 1. The van der Waals surface area contributed by atoms with Crippen LogP contribution in [-0.4, -0.2) is 23.5 Å². The van der Waals surface area contributed by atoms with E-state index in [0.29, 0.717) is 17.8 Å².